The van der Waals surface area contributed by atoms with Crippen LogP contribution in [0.5, 0.6) is 0 Å². The number of carbonyl (C=O) groups is 4. The highest BCUT2D eigenvalue weighted by Gasteiger charge is 2.49. The molecule has 4 amide bonds. The normalized spacial score (nSPS) is 21.0. The molecule has 0 aromatic heterocycles. The SMILES string of the molecule is C=C/C(=C\C(C(=O)NCCOCCOCCOCCOCCNC(=O)OCC1[C@H]2CCC#CCC[C@@H]12)=C(/C)F)N1C(=O)C=CC1=O. The van der Waals surface area contributed by atoms with E-state index < -0.39 is 29.6 Å². The summed E-state index contributed by atoms with van der Waals surface area (Å²) in [6, 6.07) is 0. The first-order valence-electron chi connectivity index (χ1n) is 15.6. The van der Waals surface area contributed by atoms with Gasteiger partial charge in [0.2, 0.25) is 0 Å². The van der Waals surface area contributed by atoms with Crippen LogP contribution < -0.4 is 10.6 Å². The van der Waals surface area contributed by atoms with Gasteiger partial charge in [0.15, 0.2) is 0 Å². The molecule has 1 fully saturated rings. The number of imide groups is 1. The molecule has 1 heterocycles. The van der Waals surface area contributed by atoms with E-state index in [2.05, 4.69) is 29.1 Å². The summed E-state index contributed by atoms with van der Waals surface area (Å²) in [5.41, 5.74) is -0.350. The van der Waals surface area contributed by atoms with Gasteiger partial charge in [0.05, 0.1) is 70.7 Å². The predicted molar refractivity (Wildman–Crippen MR) is 165 cm³/mol. The molecule has 2 aliphatic carbocycles. The number of alkyl carbamates (subject to hydrolysis) is 1. The van der Waals surface area contributed by atoms with Crippen molar-refractivity contribution in [2.24, 2.45) is 17.8 Å². The van der Waals surface area contributed by atoms with Gasteiger partial charge in [-0.25, -0.2) is 14.1 Å². The Balaban J connectivity index is 1.10. The molecule has 3 rings (SSSR count). The number of carbonyl (C=O) groups excluding carboxylic acids is 4. The summed E-state index contributed by atoms with van der Waals surface area (Å²) >= 11 is 0. The molecule has 0 radical (unpaired) electrons. The second-order valence-corrected chi connectivity index (χ2v) is 10.7. The Morgan fingerprint density at radius 3 is 1.89 bits per heavy atom. The highest BCUT2D eigenvalue weighted by Crippen LogP contribution is 2.52. The van der Waals surface area contributed by atoms with Gasteiger partial charge in [-0.15, -0.1) is 11.8 Å². The number of fused-ring (bicyclic) bond motifs is 1. The summed E-state index contributed by atoms with van der Waals surface area (Å²) in [6.07, 6.45) is 8.12. The molecular formula is C33H44FN3O9. The van der Waals surface area contributed by atoms with E-state index in [9.17, 15) is 23.6 Å². The minimum Gasteiger partial charge on any atom is -0.449 e. The maximum absolute atomic E-state index is 14.1. The van der Waals surface area contributed by atoms with Gasteiger partial charge in [-0.2, -0.15) is 0 Å². The lowest BCUT2D eigenvalue weighted by atomic mass is 10.1. The predicted octanol–water partition coefficient (Wildman–Crippen LogP) is 2.57. The quantitative estimate of drug-likeness (QED) is 0.0634. The van der Waals surface area contributed by atoms with Crippen molar-refractivity contribution in [3.63, 3.8) is 0 Å². The van der Waals surface area contributed by atoms with Crippen molar-refractivity contribution in [2.45, 2.75) is 32.6 Å². The summed E-state index contributed by atoms with van der Waals surface area (Å²) in [6.45, 7) is 8.19. The van der Waals surface area contributed by atoms with Crippen LogP contribution in [0, 0.1) is 29.6 Å². The summed E-state index contributed by atoms with van der Waals surface area (Å²) in [4.78, 5) is 48.9. The number of hydrogen-bond acceptors (Lipinski definition) is 9. The molecule has 2 N–H and O–H groups in total. The van der Waals surface area contributed by atoms with E-state index in [-0.39, 0.29) is 31.0 Å². The molecule has 252 valence electrons. The van der Waals surface area contributed by atoms with Crippen molar-refractivity contribution in [1.82, 2.24) is 15.5 Å². The number of rotatable bonds is 21. The zero-order valence-corrected chi connectivity index (χ0v) is 26.4. The van der Waals surface area contributed by atoms with E-state index >= 15 is 0 Å². The van der Waals surface area contributed by atoms with E-state index in [1.54, 1.807) is 0 Å². The van der Waals surface area contributed by atoms with Gasteiger partial charge >= 0.3 is 6.09 Å². The van der Waals surface area contributed by atoms with Gasteiger partial charge in [-0.3, -0.25) is 14.4 Å². The first-order chi connectivity index (χ1) is 22.3. The maximum atomic E-state index is 14.1. The fourth-order valence-corrected chi connectivity index (χ4v) is 5.16. The van der Waals surface area contributed by atoms with E-state index in [1.165, 1.54) is 6.08 Å². The van der Waals surface area contributed by atoms with Crippen LogP contribution >= 0.6 is 0 Å². The van der Waals surface area contributed by atoms with Crippen molar-refractivity contribution in [2.75, 3.05) is 72.6 Å². The number of nitrogens with one attached hydrogen (secondary N) is 2. The van der Waals surface area contributed by atoms with Crippen LogP contribution in [0.2, 0.25) is 0 Å². The molecule has 3 atom stereocenters. The van der Waals surface area contributed by atoms with Crippen molar-refractivity contribution in [3.8, 4) is 11.8 Å². The van der Waals surface area contributed by atoms with Crippen LogP contribution in [-0.4, -0.2) is 101 Å². The topological polar surface area (TPSA) is 142 Å². The second kappa shape index (κ2) is 20.3. The molecule has 0 saturated heterocycles. The van der Waals surface area contributed by atoms with Gasteiger partial charge in [0, 0.05) is 38.1 Å². The number of amides is 4. The van der Waals surface area contributed by atoms with Crippen LogP contribution in [0.1, 0.15) is 32.6 Å². The second-order valence-electron chi connectivity index (χ2n) is 10.7. The van der Waals surface area contributed by atoms with Gasteiger partial charge < -0.3 is 34.3 Å². The highest BCUT2D eigenvalue weighted by atomic mass is 19.1. The molecule has 13 heteroatoms. The van der Waals surface area contributed by atoms with Gasteiger partial charge in [-0.05, 0) is 49.7 Å². The first-order valence-corrected chi connectivity index (χ1v) is 15.6. The molecule has 0 spiro atoms. The number of allylic oxidation sites excluding steroid dienone is 2. The zero-order chi connectivity index (χ0) is 33.1. The van der Waals surface area contributed by atoms with E-state index in [0.29, 0.717) is 70.5 Å². The smallest absolute Gasteiger partial charge is 0.407 e. The molecule has 3 aliphatic rings. The Labute approximate surface area is 269 Å². The molecule has 12 nitrogen and oxygen atoms in total. The molecule has 1 saturated carbocycles. The van der Waals surface area contributed by atoms with Crippen LogP contribution in [0.15, 0.2) is 48.0 Å². The number of ether oxygens (including phenoxy) is 5. The standard InChI is InChI=1S/C33H44FN3O9/c1-3-25(37-30(38)10-11-31(37)39)22-28(24(2)34)32(40)35-12-14-42-16-18-44-20-21-45-19-17-43-15-13-36-33(41)46-23-29-26-8-6-4-5-7-9-27(26)29/h3,10-11,22,26-27,29H,1,6-9,12-21,23H2,2H3,(H,35,40)(H,36,41)/b25-22+,28-24-/t26-,27+,29?. The van der Waals surface area contributed by atoms with Crippen LogP contribution in [0.3, 0.4) is 0 Å². The Kier molecular flexibility index (Phi) is 16.2. The zero-order valence-electron chi connectivity index (χ0n) is 26.4. The number of hydrogen-bond donors (Lipinski definition) is 2. The molecular weight excluding hydrogens is 601 g/mol. The van der Waals surface area contributed by atoms with Crippen molar-refractivity contribution < 1.29 is 47.3 Å². The fourth-order valence-electron chi connectivity index (χ4n) is 5.16. The lowest BCUT2D eigenvalue weighted by Crippen LogP contribution is -2.31. The summed E-state index contributed by atoms with van der Waals surface area (Å²) in [7, 11) is 0. The fraction of sp³-hybridized carbons (Fsp3) is 0.576. The molecule has 0 bridgehead atoms. The molecule has 0 aromatic carbocycles. The van der Waals surface area contributed by atoms with Crippen molar-refractivity contribution in [1.29, 1.82) is 0 Å². The third-order valence-corrected chi connectivity index (χ3v) is 7.59. The van der Waals surface area contributed by atoms with Crippen LogP contribution in [-0.2, 0) is 38.1 Å². The van der Waals surface area contributed by atoms with Gasteiger partial charge in [0.1, 0.15) is 5.83 Å². The lowest BCUT2D eigenvalue weighted by Gasteiger charge is -2.16. The molecule has 0 aromatic rings. The van der Waals surface area contributed by atoms with E-state index in [1.807, 2.05) is 0 Å². The van der Waals surface area contributed by atoms with E-state index in [4.69, 9.17) is 23.7 Å². The minimum absolute atomic E-state index is 0.0125. The van der Waals surface area contributed by atoms with Gasteiger partial charge in [-0.1, -0.05) is 6.58 Å². The van der Waals surface area contributed by atoms with Crippen molar-refractivity contribution in [3.05, 3.63) is 48.0 Å². The Morgan fingerprint density at radius 1 is 0.891 bits per heavy atom. The average Bonchev–Trinajstić information content (AvgIpc) is 3.55. The monoisotopic (exact) mass is 645 g/mol. The Bertz CT molecular complexity index is 1200. The van der Waals surface area contributed by atoms with Crippen LogP contribution in [0.25, 0.3) is 0 Å². The largest absolute Gasteiger partial charge is 0.449 e. The van der Waals surface area contributed by atoms with Gasteiger partial charge in [0.25, 0.3) is 17.7 Å². The lowest BCUT2D eigenvalue weighted by molar-refractivity contribution is -0.134. The summed E-state index contributed by atoms with van der Waals surface area (Å²) in [5, 5.41) is 5.23. The first kappa shape index (κ1) is 36.6. The number of halogens is 1. The maximum Gasteiger partial charge on any atom is 0.407 e. The summed E-state index contributed by atoms with van der Waals surface area (Å²) in [5.74, 6) is 5.40. The van der Waals surface area contributed by atoms with Crippen LogP contribution in [0.4, 0.5) is 9.18 Å². The van der Waals surface area contributed by atoms with Crippen molar-refractivity contribution >= 4 is 23.8 Å². The third-order valence-electron chi connectivity index (χ3n) is 7.59. The average molecular weight is 646 g/mol. The molecule has 1 aliphatic heterocycles. The minimum atomic E-state index is -0.788. The highest BCUT2D eigenvalue weighted by molar-refractivity contribution is 6.14. The van der Waals surface area contributed by atoms with E-state index in [0.717, 1.165) is 55.7 Å². The Morgan fingerprint density at radius 2 is 1.39 bits per heavy atom. The third kappa shape index (κ3) is 12.5. The summed E-state index contributed by atoms with van der Waals surface area (Å²) < 4.78 is 41.2. The molecule has 46 heavy (non-hydrogen) atoms. The Hall–Kier alpha value is -3.83. The molecule has 1 unspecified atom stereocenters. The number of nitrogens with zero attached hydrogens (tertiary/aromatic N) is 1.